The first kappa shape index (κ1) is 27.2. The molecule has 202 valence electrons. The molecular formula is C25H32F6N2O3. The van der Waals surface area contributed by atoms with E-state index in [0.29, 0.717) is 50.1 Å². The number of rotatable bonds is 5. The summed E-state index contributed by atoms with van der Waals surface area (Å²) >= 11 is 0. The van der Waals surface area contributed by atoms with Crippen LogP contribution in [0, 0.1) is 17.8 Å². The minimum absolute atomic E-state index is 0.0654. The van der Waals surface area contributed by atoms with Gasteiger partial charge in [-0.3, -0.25) is 9.69 Å². The zero-order valence-corrected chi connectivity index (χ0v) is 20.3. The van der Waals surface area contributed by atoms with E-state index in [1.807, 2.05) is 0 Å². The van der Waals surface area contributed by atoms with Crippen molar-refractivity contribution in [1.29, 1.82) is 0 Å². The Morgan fingerprint density at radius 1 is 1.06 bits per heavy atom. The maximum Gasteiger partial charge on any atom is 0.416 e. The summed E-state index contributed by atoms with van der Waals surface area (Å²) in [6.07, 6.45) is -6.94. The maximum absolute atomic E-state index is 13.2. The van der Waals surface area contributed by atoms with Gasteiger partial charge in [0.25, 0.3) is 0 Å². The standard InChI is InChI=1S/C25H32F6N2O3/c1-23(2,35)20-11-18(33-5-3-15-13-36-6-4-21(15)33)10-19(20)22(34)32-12-14-7-16(24(26,27)28)9-17(8-14)25(29,30)31/h7-9,15,18-21,35H,3-6,10-13H2,1-2H3,(H,32,34)/t15?,18-,19+,20?,21?/m0/s1. The molecule has 2 aliphatic heterocycles. The second kappa shape index (κ2) is 9.79. The largest absolute Gasteiger partial charge is 0.416 e. The highest BCUT2D eigenvalue weighted by Gasteiger charge is 2.50. The number of amides is 1. The Kier molecular flexibility index (Phi) is 7.40. The van der Waals surface area contributed by atoms with Gasteiger partial charge < -0.3 is 15.2 Å². The average molecular weight is 523 g/mol. The molecule has 0 aromatic heterocycles. The minimum Gasteiger partial charge on any atom is -0.390 e. The summed E-state index contributed by atoms with van der Waals surface area (Å²) in [5.41, 5.74) is -4.30. The number of fused-ring (bicyclic) bond motifs is 1. The highest BCUT2D eigenvalue weighted by molar-refractivity contribution is 5.79. The van der Waals surface area contributed by atoms with E-state index in [4.69, 9.17) is 4.74 Å². The molecule has 36 heavy (non-hydrogen) atoms. The van der Waals surface area contributed by atoms with E-state index < -0.39 is 53.4 Å². The van der Waals surface area contributed by atoms with Gasteiger partial charge in [0.2, 0.25) is 5.91 Å². The number of carbonyl (C=O) groups excluding carboxylic acids is 1. The first-order valence-corrected chi connectivity index (χ1v) is 12.3. The van der Waals surface area contributed by atoms with Crippen LogP contribution >= 0.6 is 0 Å². The molecule has 3 fully saturated rings. The molecule has 2 saturated heterocycles. The molecule has 0 bridgehead atoms. The lowest BCUT2D eigenvalue weighted by Crippen LogP contribution is -2.43. The number of aliphatic hydroxyl groups is 1. The predicted octanol–water partition coefficient (Wildman–Crippen LogP) is 4.62. The minimum atomic E-state index is -4.96. The number of nitrogens with zero attached hydrogens (tertiary/aromatic N) is 1. The van der Waals surface area contributed by atoms with Crippen molar-refractivity contribution in [2.24, 2.45) is 17.8 Å². The molecule has 1 aromatic rings. The van der Waals surface area contributed by atoms with E-state index >= 15 is 0 Å². The van der Waals surface area contributed by atoms with E-state index in [9.17, 15) is 36.2 Å². The average Bonchev–Trinajstić information content (AvgIpc) is 3.40. The third-order valence-corrected chi connectivity index (χ3v) is 7.98. The van der Waals surface area contributed by atoms with Gasteiger partial charge in [0.1, 0.15) is 0 Å². The Morgan fingerprint density at radius 2 is 1.69 bits per heavy atom. The van der Waals surface area contributed by atoms with Gasteiger partial charge in [0, 0.05) is 37.1 Å². The van der Waals surface area contributed by atoms with Gasteiger partial charge in [0.15, 0.2) is 0 Å². The lowest BCUT2D eigenvalue weighted by molar-refractivity contribution is -0.143. The molecule has 1 saturated carbocycles. The zero-order chi connectivity index (χ0) is 26.5. The molecule has 5 atom stereocenters. The van der Waals surface area contributed by atoms with Crippen molar-refractivity contribution >= 4 is 5.91 Å². The quantitative estimate of drug-likeness (QED) is 0.555. The van der Waals surface area contributed by atoms with Gasteiger partial charge in [-0.05, 0) is 75.8 Å². The second-order valence-corrected chi connectivity index (χ2v) is 10.8. The molecule has 1 amide bonds. The summed E-state index contributed by atoms with van der Waals surface area (Å²) in [5, 5.41) is 13.3. The van der Waals surface area contributed by atoms with Crippen LogP contribution in [-0.2, 0) is 28.4 Å². The fourth-order valence-electron chi connectivity index (χ4n) is 6.23. The van der Waals surface area contributed by atoms with Crippen LogP contribution in [0.1, 0.15) is 56.2 Å². The van der Waals surface area contributed by atoms with E-state index in [0.717, 1.165) is 19.4 Å². The Balaban J connectivity index is 1.49. The monoisotopic (exact) mass is 522 g/mol. The van der Waals surface area contributed by atoms with Gasteiger partial charge >= 0.3 is 12.4 Å². The van der Waals surface area contributed by atoms with E-state index in [1.165, 1.54) is 0 Å². The Morgan fingerprint density at radius 3 is 2.28 bits per heavy atom. The summed E-state index contributed by atoms with van der Waals surface area (Å²) in [7, 11) is 0. The fraction of sp³-hybridized carbons (Fsp3) is 0.720. The van der Waals surface area contributed by atoms with Crippen LogP contribution in [0.2, 0.25) is 0 Å². The molecule has 11 heteroatoms. The Bertz CT molecular complexity index is 926. The predicted molar refractivity (Wildman–Crippen MR) is 119 cm³/mol. The first-order valence-electron chi connectivity index (χ1n) is 12.3. The topological polar surface area (TPSA) is 61.8 Å². The van der Waals surface area contributed by atoms with E-state index in [2.05, 4.69) is 10.2 Å². The van der Waals surface area contributed by atoms with Crippen molar-refractivity contribution < 1.29 is 41.0 Å². The van der Waals surface area contributed by atoms with Gasteiger partial charge in [-0.15, -0.1) is 0 Å². The molecule has 0 spiro atoms. The van der Waals surface area contributed by atoms with Crippen LogP contribution in [0.5, 0.6) is 0 Å². The van der Waals surface area contributed by atoms with Crippen LogP contribution in [0.25, 0.3) is 0 Å². The van der Waals surface area contributed by atoms with Gasteiger partial charge in [0.05, 0.1) is 23.3 Å². The Hall–Kier alpha value is -1.85. The van der Waals surface area contributed by atoms with Gasteiger partial charge in [-0.1, -0.05) is 0 Å². The molecule has 4 rings (SSSR count). The lowest BCUT2D eigenvalue weighted by Gasteiger charge is -2.36. The van der Waals surface area contributed by atoms with Gasteiger partial charge in [-0.2, -0.15) is 26.3 Å². The van der Waals surface area contributed by atoms with E-state index in [1.54, 1.807) is 13.8 Å². The van der Waals surface area contributed by atoms with Crippen LogP contribution in [0.3, 0.4) is 0 Å². The van der Waals surface area contributed by atoms with Crippen LogP contribution in [0.15, 0.2) is 18.2 Å². The molecule has 1 aromatic carbocycles. The third-order valence-electron chi connectivity index (χ3n) is 7.98. The summed E-state index contributed by atoms with van der Waals surface area (Å²) in [6.45, 7) is 5.05. The Labute approximate surface area is 206 Å². The van der Waals surface area contributed by atoms with Crippen molar-refractivity contribution in [2.45, 2.75) is 76.1 Å². The summed E-state index contributed by atoms with van der Waals surface area (Å²) < 4.78 is 84.7. The first-order chi connectivity index (χ1) is 16.6. The van der Waals surface area contributed by atoms with Crippen molar-refractivity contribution in [3.63, 3.8) is 0 Å². The molecule has 2 heterocycles. The summed E-state index contributed by atoms with van der Waals surface area (Å²) in [5.74, 6) is -1.04. The van der Waals surface area contributed by atoms with Crippen molar-refractivity contribution in [3.8, 4) is 0 Å². The van der Waals surface area contributed by atoms with Crippen LogP contribution in [0.4, 0.5) is 26.3 Å². The zero-order valence-electron chi connectivity index (χ0n) is 20.3. The number of hydrogen-bond acceptors (Lipinski definition) is 4. The number of alkyl halides is 6. The number of halogens is 6. The number of ether oxygens (including phenoxy) is 1. The number of hydrogen-bond donors (Lipinski definition) is 2. The number of carbonyl (C=O) groups is 1. The number of nitrogens with one attached hydrogen (secondary N) is 1. The molecule has 3 unspecified atom stereocenters. The van der Waals surface area contributed by atoms with E-state index in [-0.39, 0.29) is 17.7 Å². The van der Waals surface area contributed by atoms with Crippen molar-refractivity contribution in [1.82, 2.24) is 10.2 Å². The SMILES string of the molecule is CC(C)(O)C1C[C@@H](N2CCC3COCCC32)C[C@H]1C(=O)NCc1cc(C(F)(F)F)cc(C(F)(F)F)c1. The third kappa shape index (κ3) is 5.83. The smallest absolute Gasteiger partial charge is 0.390 e. The molecule has 1 aliphatic carbocycles. The second-order valence-electron chi connectivity index (χ2n) is 10.8. The lowest BCUT2D eigenvalue weighted by atomic mass is 9.82. The van der Waals surface area contributed by atoms with Crippen LogP contribution < -0.4 is 5.32 Å². The highest BCUT2D eigenvalue weighted by Crippen LogP contribution is 2.45. The van der Waals surface area contributed by atoms with Crippen molar-refractivity contribution in [3.05, 3.63) is 34.9 Å². The highest BCUT2D eigenvalue weighted by atomic mass is 19.4. The van der Waals surface area contributed by atoms with Crippen LogP contribution in [-0.4, -0.2) is 53.4 Å². The van der Waals surface area contributed by atoms with Crippen molar-refractivity contribution in [2.75, 3.05) is 19.8 Å². The number of likely N-dealkylation sites (tertiary alicyclic amines) is 1. The maximum atomic E-state index is 13.2. The fourth-order valence-corrected chi connectivity index (χ4v) is 6.23. The van der Waals surface area contributed by atoms with Gasteiger partial charge in [-0.25, -0.2) is 0 Å². The molecule has 3 aliphatic rings. The molecular weight excluding hydrogens is 490 g/mol. The molecule has 0 radical (unpaired) electrons. The summed E-state index contributed by atoms with van der Waals surface area (Å²) in [6, 6.07) is 1.73. The number of benzene rings is 1. The molecule has 5 nitrogen and oxygen atoms in total. The molecule has 2 N–H and O–H groups in total. The normalized spacial score (nSPS) is 29.9. The summed E-state index contributed by atoms with van der Waals surface area (Å²) in [4.78, 5) is 15.6.